The predicted octanol–water partition coefficient (Wildman–Crippen LogP) is 1.69. The summed E-state index contributed by atoms with van der Waals surface area (Å²) in [6.45, 7) is -1.99. The van der Waals surface area contributed by atoms with Crippen molar-refractivity contribution in [3.63, 3.8) is 0 Å². The minimum atomic E-state index is -4.24. The lowest BCUT2D eigenvalue weighted by molar-refractivity contribution is -0.168. The van der Waals surface area contributed by atoms with Crippen LogP contribution in [0.2, 0.25) is 0 Å². The van der Waals surface area contributed by atoms with Crippen molar-refractivity contribution >= 4 is 5.97 Å². The Bertz CT molecular complexity index is 516. The molecule has 0 atom stereocenters. The van der Waals surface area contributed by atoms with Crippen LogP contribution in [0.3, 0.4) is 0 Å². The molecule has 1 aliphatic carbocycles. The number of aromatic nitrogens is 2. The third-order valence-electron chi connectivity index (χ3n) is 3.05. The molecule has 0 bridgehead atoms. The number of nitrogens with zero attached hydrogens (tertiary/aromatic N) is 2. The normalized spacial score (nSPS) is 17.0. The number of esters is 1. The van der Waals surface area contributed by atoms with Crippen LogP contribution >= 0.6 is 0 Å². The highest BCUT2D eigenvalue weighted by Gasteiger charge is 2.57. The molecule has 0 amide bonds. The summed E-state index contributed by atoms with van der Waals surface area (Å²) in [6, 6.07) is 0. The van der Waals surface area contributed by atoms with Crippen LogP contribution < -0.4 is 0 Å². The average molecular weight is 312 g/mol. The Morgan fingerprint density at radius 2 is 2.14 bits per heavy atom. The number of hydrogen-bond donors (Lipinski definition) is 0. The Labute approximate surface area is 116 Å². The quantitative estimate of drug-likeness (QED) is 0.563. The van der Waals surface area contributed by atoms with Gasteiger partial charge in [-0.1, -0.05) is 5.16 Å². The molecule has 0 aliphatic heterocycles. The predicted molar refractivity (Wildman–Crippen MR) is 57.8 cm³/mol. The minimum Gasteiger partial charge on any atom is -0.468 e. The van der Waals surface area contributed by atoms with Gasteiger partial charge >= 0.3 is 18.3 Å². The SMILES string of the molecule is COC(=O)C1(c2nc(COCC(F)(F)C(F)F)no2)CC1. The molecular weight excluding hydrogens is 300 g/mol. The van der Waals surface area contributed by atoms with Gasteiger partial charge in [0.15, 0.2) is 5.82 Å². The van der Waals surface area contributed by atoms with E-state index in [1.807, 2.05) is 0 Å². The molecule has 6 nitrogen and oxygen atoms in total. The summed E-state index contributed by atoms with van der Waals surface area (Å²) in [5.74, 6) is -4.86. The molecule has 10 heteroatoms. The van der Waals surface area contributed by atoms with Gasteiger partial charge in [-0.25, -0.2) is 8.78 Å². The van der Waals surface area contributed by atoms with Crippen molar-refractivity contribution in [2.45, 2.75) is 37.2 Å². The Morgan fingerprint density at radius 3 is 2.67 bits per heavy atom. The number of ether oxygens (including phenoxy) is 2. The lowest BCUT2D eigenvalue weighted by atomic mass is 10.1. The second-order valence-electron chi connectivity index (χ2n) is 4.64. The molecule has 21 heavy (non-hydrogen) atoms. The van der Waals surface area contributed by atoms with E-state index in [0.717, 1.165) is 0 Å². The minimum absolute atomic E-state index is 0.00793. The lowest BCUT2D eigenvalue weighted by Crippen LogP contribution is -2.32. The van der Waals surface area contributed by atoms with Crippen LogP contribution in [0.1, 0.15) is 24.6 Å². The van der Waals surface area contributed by atoms with Crippen molar-refractivity contribution in [2.75, 3.05) is 13.7 Å². The number of carbonyl (C=O) groups is 1. The van der Waals surface area contributed by atoms with Gasteiger partial charge in [-0.2, -0.15) is 13.8 Å². The van der Waals surface area contributed by atoms with Crippen molar-refractivity contribution in [2.24, 2.45) is 0 Å². The molecule has 1 aromatic heterocycles. The van der Waals surface area contributed by atoms with Gasteiger partial charge in [-0.15, -0.1) is 0 Å². The Hall–Kier alpha value is -1.71. The van der Waals surface area contributed by atoms with E-state index in [-0.39, 0.29) is 11.7 Å². The van der Waals surface area contributed by atoms with Gasteiger partial charge in [-0.3, -0.25) is 4.79 Å². The molecule has 1 saturated carbocycles. The molecule has 1 fully saturated rings. The molecular formula is C11H12F4N2O4. The second-order valence-corrected chi connectivity index (χ2v) is 4.64. The molecule has 2 rings (SSSR count). The van der Waals surface area contributed by atoms with Gasteiger partial charge < -0.3 is 14.0 Å². The summed E-state index contributed by atoms with van der Waals surface area (Å²) in [7, 11) is 1.22. The van der Waals surface area contributed by atoms with Gasteiger partial charge in [0.05, 0.1) is 7.11 Å². The summed E-state index contributed by atoms with van der Waals surface area (Å²) in [6.07, 6.45) is -2.86. The third kappa shape index (κ3) is 3.14. The van der Waals surface area contributed by atoms with Crippen molar-refractivity contribution in [3.05, 3.63) is 11.7 Å². The van der Waals surface area contributed by atoms with Crippen molar-refractivity contribution in [1.29, 1.82) is 0 Å². The monoisotopic (exact) mass is 312 g/mol. The number of rotatable bonds is 7. The maximum absolute atomic E-state index is 12.6. The van der Waals surface area contributed by atoms with Gasteiger partial charge in [0, 0.05) is 0 Å². The van der Waals surface area contributed by atoms with E-state index in [1.54, 1.807) is 0 Å². The summed E-state index contributed by atoms with van der Waals surface area (Å²) in [4.78, 5) is 15.4. The third-order valence-corrected chi connectivity index (χ3v) is 3.05. The molecule has 0 N–H and O–H groups in total. The zero-order valence-electron chi connectivity index (χ0n) is 10.9. The Morgan fingerprint density at radius 1 is 1.48 bits per heavy atom. The molecule has 1 heterocycles. The van der Waals surface area contributed by atoms with E-state index < -0.39 is 36.9 Å². The fraction of sp³-hybridized carbons (Fsp3) is 0.727. The first kappa shape index (κ1) is 15.7. The number of alkyl halides is 4. The fourth-order valence-corrected chi connectivity index (χ4v) is 1.67. The number of halogens is 4. The van der Waals surface area contributed by atoms with E-state index in [0.29, 0.717) is 12.8 Å². The van der Waals surface area contributed by atoms with Crippen molar-refractivity contribution < 1.29 is 36.4 Å². The van der Waals surface area contributed by atoms with Gasteiger partial charge in [0.25, 0.3) is 0 Å². The van der Waals surface area contributed by atoms with Crippen LogP contribution in [-0.2, 0) is 26.3 Å². The van der Waals surface area contributed by atoms with Crippen LogP contribution in [0.25, 0.3) is 0 Å². The first-order valence-electron chi connectivity index (χ1n) is 5.97. The summed E-state index contributed by atoms with van der Waals surface area (Å²) in [5, 5.41) is 3.45. The highest BCUT2D eigenvalue weighted by Crippen LogP contribution is 2.48. The Balaban J connectivity index is 1.91. The zero-order chi connectivity index (χ0) is 15.7. The van der Waals surface area contributed by atoms with Crippen LogP contribution in [0.5, 0.6) is 0 Å². The fourth-order valence-electron chi connectivity index (χ4n) is 1.67. The highest BCUT2D eigenvalue weighted by atomic mass is 19.3. The van der Waals surface area contributed by atoms with E-state index >= 15 is 0 Å². The zero-order valence-corrected chi connectivity index (χ0v) is 10.9. The van der Waals surface area contributed by atoms with Gasteiger partial charge in [-0.05, 0) is 12.8 Å². The van der Waals surface area contributed by atoms with Gasteiger partial charge in [0.2, 0.25) is 5.89 Å². The molecule has 1 aromatic rings. The number of hydrogen-bond acceptors (Lipinski definition) is 6. The molecule has 1 aliphatic rings. The van der Waals surface area contributed by atoms with E-state index in [2.05, 4.69) is 19.6 Å². The molecule has 0 spiro atoms. The first-order valence-corrected chi connectivity index (χ1v) is 5.97. The van der Waals surface area contributed by atoms with Crippen LogP contribution in [0.4, 0.5) is 17.6 Å². The van der Waals surface area contributed by atoms with Crippen molar-refractivity contribution in [1.82, 2.24) is 10.1 Å². The molecule has 0 saturated heterocycles. The highest BCUT2D eigenvalue weighted by molar-refractivity contribution is 5.85. The second kappa shape index (κ2) is 5.58. The topological polar surface area (TPSA) is 74.5 Å². The molecule has 0 aromatic carbocycles. The summed E-state index contributed by atoms with van der Waals surface area (Å²) in [5.41, 5.74) is -0.979. The maximum Gasteiger partial charge on any atom is 0.330 e. The summed E-state index contributed by atoms with van der Waals surface area (Å²) >= 11 is 0. The maximum atomic E-state index is 12.6. The Kier molecular flexibility index (Phi) is 4.17. The molecule has 0 unspecified atom stereocenters. The van der Waals surface area contributed by atoms with E-state index in [1.165, 1.54) is 7.11 Å². The smallest absolute Gasteiger partial charge is 0.330 e. The van der Waals surface area contributed by atoms with Crippen LogP contribution in [0.15, 0.2) is 4.52 Å². The largest absolute Gasteiger partial charge is 0.468 e. The lowest BCUT2D eigenvalue weighted by Gasteiger charge is -2.14. The summed E-state index contributed by atoms with van der Waals surface area (Å²) < 4.78 is 62.9. The van der Waals surface area contributed by atoms with Crippen LogP contribution in [-0.4, -0.2) is 42.2 Å². The number of methoxy groups -OCH3 is 1. The number of carbonyl (C=O) groups excluding carboxylic acids is 1. The molecule has 0 radical (unpaired) electrons. The first-order chi connectivity index (χ1) is 9.82. The average Bonchev–Trinajstić information content (AvgIpc) is 3.11. The van der Waals surface area contributed by atoms with Crippen molar-refractivity contribution in [3.8, 4) is 0 Å². The van der Waals surface area contributed by atoms with Crippen LogP contribution in [0, 0.1) is 0 Å². The molecule has 118 valence electrons. The van der Waals surface area contributed by atoms with E-state index in [4.69, 9.17) is 4.52 Å². The standard InChI is InChI=1S/C11H12F4N2O4/c1-19-9(18)10(2-3-10)8-16-6(17-21-8)4-20-5-11(14,15)7(12)13/h7H,2-5H2,1H3. The van der Waals surface area contributed by atoms with E-state index in [9.17, 15) is 22.4 Å². The van der Waals surface area contributed by atoms with Gasteiger partial charge in [0.1, 0.15) is 18.6 Å².